The van der Waals surface area contributed by atoms with Gasteiger partial charge < -0.3 is 42.0 Å². The highest BCUT2D eigenvalue weighted by atomic mass is 16.3. The van der Waals surface area contributed by atoms with Crippen LogP contribution < -0.4 is 21.3 Å². The summed E-state index contributed by atoms with van der Waals surface area (Å²) in [5.74, 6) is -7.99. The molecule has 3 atom stereocenters. The Morgan fingerprint density at radius 3 is 2.34 bits per heavy atom. The van der Waals surface area contributed by atoms with E-state index in [4.69, 9.17) is 11.1 Å². The number of amides is 3. The van der Waals surface area contributed by atoms with Crippen molar-refractivity contribution in [3.63, 3.8) is 0 Å². The molecular formula is C31H31N5O8. The van der Waals surface area contributed by atoms with Crippen LogP contribution in [0.5, 0.6) is 5.75 Å². The molecule has 0 aliphatic heterocycles. The molecule has 0 saturated carbocycles. The fourth-order valence-corrected chi connectivity index (χ4v) is 6.28. The minimum Gasteiger partial charge on any atom is -0.511 e. The standard InChI is InChI=1S/C31H31N5O8/c1-12(37)13-4-6-16(7-5-13)35-31(44)34-11-15-10-19(36(2)3)17-8-14-9-18-22(27(40)20(14)26(39)21(17)25(15)38)28(41)23(30(33)43)29(42)24(18)32/h4-7,10,14,18,22,32,38,40,42H,8-9,11H2,1-3H3,(H2,33,43)(H2,34,35,44). The van der Waals surface area contributed by atoms with E-state index in [9.17, 15) is 39.3 Å². The van der Waals surface area contributed by atoms with Gasteiger partial charge in [-0.25, -0.2) is 4.79 Å². The molecule has 2 aromatic carbocycles. The number of nitrogens with zero attached hydrogens (tertiary/aromatic N) is 1. The van der Waals surface area contributed by atoms with Gasteiger partial charge in [0.2, 0.25) is 0 Å². The van der Waals surface area contributed by atoms with Crippen LogP contribution in [0.2, 0.25) is 0 Å². The van der Waals surface area contributed by atoms with Crippen LogP contribution in [0.15, 0.2) is 53.0 Å². The van der Waals surface area contributed by atoms with Gasteiger partial charge >= 0.3 is 6.03 Å². The summed E-state index contributed by atoms with van der Waals surface area (Å²) in [5, 5.41) is 46.6. The number of urea groups is 1. The molecular weight excluding hydrogens is 570 g/mol. The second-order valence-electron chi connectivity index (χ2n) is 11.3. The quantitative estimate of drug-likeness (QED) is 0.191. The fourth-order valence-electron chi connectivity index (χ4n) is 6.28. The molecule has 2 aromatic rings. The van der Waals surface area contributed by atoms with Crippen molar-refractivity contribution in [3.8, 4) is 5.75 Å². The zero-order valence-corrected chi connectivity index (χ0v) is 24.1. The molecule has 3 unspecified atom stereocenters. The number of hydrogen-bond donors (Lipinski definition) is 7. The Balaban J connectivity index is 1.47. The van der Waals surface area contributed by atoms with Crippen molar-refractivity contribution in [2.24, 2.45) is 23.5 Å². The van der Waals surface area contributed by atoms with Gasteiger partial charge in [0.1, 0.15) is 17.1 Å². The summed E-state index contributed by atoms with van der Waals surface area (Å²) in [6.45, 7) is 1.26. The number of nitrogens with one attached hydrogen (secondary N) is 3. The van der Waals surface area contributed by atoms with Gasteiger partial charge in [-0.2, -0.15) is 0 Å². The minimum atomic E-state index is -1.45. The Morgan fingerprint density at radius 2 is 1.75 bits per heavy atom. The van der Waals surface area contributed by atoms with Crippen molar-refractivity contribution in [3.05, 3.63) is 75.3 Å². The number of Topliss-reactive ketones (excluding diaryl/α,β-unsaturated/α-hetero) is 3. The maximum absolute atomic E-state index is 14.0. The Kier molecular flexibility index (Phi) is 7.49. The summed E-state index contributed by atoms with van der Waals surface area (Å²) in [5.41, 5.74) is 6.06. The second kappa shape index (κ2) is 11.0. The molecule has 44 heavy (non-hydrogen) atoms. The number of allylic oxidation sites excluding steroid dienone is 3. The molecule has 228 valence electrons. The van der Waals surface area contributed by atoms with Crippen LogP contribution in [0.25, 0.3) is 0 Å². The number of rotatable bonds is 6. The van der Waals surface area contributed by atoms with E-state index in [0.717, 1.165) is 0 Å². The van der Waals surface area contributed by atoms with E-state index in [1.54, 1.807) is 49.3 Å². The number of aliphatic hydroxyl groups excluding tert-OH is 2. The highest BCUT2D eigenvalue weighted by molar-refractivity contribution is 6.28. The van der Waals surface area contributed by atoms with Crippen LogP contribution >= 0.6 is 0 Å². The lowest BCUT2D eigenvalue weighted by Gasteiger charge is -2.41. The molecule has 13 heteroatoms. The average Bonchev–Trinajstić information content (AvgIpc) is 2.95. The number of primary amides is 1. The monoisotopic (exact) mass is 601 g/mol. The van der Waals surface area contributed by atoms with Crippen molar-refractivity contribution >= 4 is 46.4 Å². The van der Waals surface area contributed by atoms with Gasteiger partial charge in [-0.15, -0.1) is 0 Å². The summed E-state index contributed by atoms with van der Waals surface area (Å²) < 4.78 is 0. The summed E-state index contributed by atoms with van der Waals surface area (Å²) in [7, 11) is 3.49. The lowest BCUT2D eigenvalue weighted by molar-refractivity contribution is -0.124. The Labute approximate surface area is 251 Å². The summed E-state index contributed by atoms with van der Waals surface area (Å²) >= 11 is 0. The smallest absolute Gasteiger partial charge is 0.319 e. The van der Waals surface area contributed by atoms with Crippen molar-refractivity contribution in [1.82, 2.24) is 5.32 Å². The van der Waals surface area contributed by atoms with E-state index < -0.39 is 69.8 Å². The topological polar surface area (TPSA) is 223 Å². The Hall–Kier alpha value is -5.46. The third kappa shape index (κ3) is 4.85. The SMILES string of the molecule is CC(=O)c1ccc(NC(=O)NCc2cc(N(C)C)c3c(c2O)C(=O)C2=C(O)C4C(=O)C(C(N)=O)=C(O)C(=N)C4CC2C3)cc1. The van der Waals surface area contributed by atoms with Gasteiger partial charge in [0.05, 0.1) is 17.2 Å². The molecule has 0 radical (unpaired) electrons. The largest absolute Gasteiger partial charge is 0.511 e. The zero-order valence-electron chi connectivity index (χ0n) is 24.1. The molecule has 0 fully saturated rings. The van der Waals surface area contributed by atoms with Gasteiger partial charge in [0.25, 0.3) is 5.91 Å². The maximum atomic E-state index is 14.0. The van der Waals surface area contributed by atoms with Crippen LogP contribution in [-0.4, -0.2) is 64.4 Å². The number of aliphatic hydroxyl groups is 2. The predicted octanol–water partition coefficient (Wildman–Crippen LogP) is 2.69. The average molecular weight is 602 g/mol. The molecule has 8 N–H and O–H groups in total. The van der Waals surface area contributed by atoms with E-state index in [1.165, 1.54) is 6.92 Å². The first-order chi connectivity index (χ1) is 20.7. The number of carbonyl (C=O) groups excluding carboxylic acids is 5. The van der Waals surface area contributed by atoms with Gasteiger partial charge in [0, 0.05) is 54.6 Å². The number of anilines is 2. The highest BCUT2D eigenvalue weighted by Gasteiger charge is 2.52. The molecule has 3 amide bonds. The molecule has 0 saturated heterocycles. The van der Waals surface area contributed by atoms with Crippen molar-refractivity contribution in [2.75, 3.05) is 24.3 Å². The van der Waals surface area contributed by atoms with E-state index in [0.29, 0.717) is 22.5 Å². The second-order valence-corrected chi connectivity index (χ2v) is 11.3. The summed E-state index contributed by atoms with van der Waals surface area (Å²) in [6.07, 6.45) is 0.226. The first kappa shape index (κ1) is 30.0. The summed E-state index contributed by atoms with van der Waals surface area (Å²) in [6, 6.07) is 7.33. The van der Waals surface area contributed by atoms with Crippen LogP contribution in [0.1, 0.15) is 45.2 Å². The molecule has 13 nitrogen and oxygen atoms in total. The molecule has 3 aliphatic rings. The normalized spacial score (nSPS) is 20.9. The number of fused-ring (bicyclic) bond motifs is 3. The summed E-state index contributed by atoms with van der Waals surface area (Å²) in [4.78, 5) is 64.8. The first-order valence-electron chi connectivity index (χ1n) is 13.8. The third-order valence-corrected chi connectivity index (χ3v) is 8.41. The van der Waals surface area contributed by atoms with E-state index >= 15 is 0 Å². The minimum absolute atomic E-state index is 0.0560. The van der Waals surface area contributed by atoms with Gasteiger partial charge in [0.15, 0.2) is 23.1 Å². The number of phenolic OH excluding ortho intramolecular Hbond substituents is 1. The maximum Gasteiger partial charge on any atom is 0.319 e. The van der Waals surface area contributed by atoms with Gasteiger partial charge in [-0.05, 0) is 61.6 Å². The molecule has 0 bridgehead atoms. The van der Waals surface area contributed by atoms with E-state index in [1.807, 2.05) is 0 Å². The van der Waals surface area contributed by atoms with Crippen molar-refractivity contribution in [1.29, 1.82) is 5.41 Å². The van der Waals surface area contributed by atoms with Crippen LogP contribution in [0, 0.1) is 23.2 Å². The number of phenols is 1. The Bertz CT molecular complexity index is 1740. The third-order valence-electron chi connectivity index (χ3n) is 8.41. The molecule has 3 aliphatic carbocycles. The van der Waals surface area contributed by atoms with Crippen molar-refractivity contribution in [2.45, 2.75) is 26.3 Å². The number of ketones is 3. The lowest BCUT2D eigenvalue weighted by Crippen LogP contribution is -2.47. The molecule has 5 rings (SSSR count). The molecule has 0 heterocycles. The lowest BCUT2D eigenvalue weighted by atomic mass is 9.61. The van der Waals surface area contributed by atoms with E-state index in [-0.39, 0.29) is 41.9 Å². The van der Waals surface area contributed by atoms with Crippen LogP contribution in [0.3, 0.4) is 0 Å². The van der Waals surface area contributed by atoms with Crippen LogP contribution in [-0.2, 0) is 22.6 Å². The zero-order chi connectivity index (χ0) is 32.2. The highest BCUT2D eigenvalue weighted by Crippen LogP contribution is 2.50. The van der Waals surface area contributed by atoms with Gasteiger partial charge in [-0.3, -0.25) is 19.2 Å². The predicted molar refractivity (Wildman–Crippen MR) is 159 cm³/mol. The number of nitrogens with two attached hydrogens (primary N) is 1. The molecule has 0 spiro atoms. The number of aromatic hydroxyl groups is 1. The number of carbonyl (C=O) groups is 5. The van der Waals surface area contributed by atoms with Crippen molar-refractivity contribution < 1.29 is 39.3 Å². The molecule has 0 aromatic heterocycles. The Morgan fingerprint density at radius 1 is 1.09 bits per heavy atom. The first-order valence-corrected chi connectivity index (χ1v) is 13.8. The number of hydrogen-bond acceptors (Lipinski definition) is 10. The van der Waals surface area contributed by atoms with E-state index in [2.05, 4.69) is 10.6 Å². The fraction of sp³-hybridized carbons (Fsp3) is 0.290. The van der Waals surface area contributed by atoms with Gasteiger partial charge in [-0.1, -0.05) is 0 Å². The number of benzene rings is 2. The van der Waals surface area contributed by atoms with Crippen LogP contribution in [0.4, 0.5) is 16.2 Å².